The molecular weight excluding hydrogens is 323 g/mol. The van der Waals surface area contributed by atoms with E-state index in [2.05, 4.69) is 29.8 Å². The lowest BCUT2D eigenvalue weighted by Gasteiger charge is -2.37. The molecule has 2 aromatic rings. The van der Waals surface area contributed by atoms with Crippen molar-refractivity contribution < 1.29 is 4.39 Å². The monoisotopic (exact) mass is 346 g/mol. The molecule has 0 radical (unpaired) electrons. The molecule has 0 aliphatic carbocycles. The summed E-state index contributed by atoms with van der Waals surface area (Å²) in [7, 11) is 0. The van der Waals surface area contributed by atoms with Crippen LogP contribution in [0.15, 0.2) is 36.7 Å². The number of hydrogen-bond donors (Lipinski definition) is 0. The summed E-state index contributed by atoms with van der Waals surface area (Å²) in [5, 5.41) is 0.192. The van der Waals surface area contributed by atoms with Crippen molar-refractivity contribution in [3.05, 3.63) is 58.6 Å². The lowest BCUT2D eigenvalue weighted by atomic mass is 9.91. The summed E-state index contributed by atoms with van der Waals surface area (Å²) in [5.41, 5.74) is 3.59. The third-order valence-corrected chi connectivity index (χ3v) is 5.04. The van der Waals surface area contributed by atoms with Gasteiger partial charge in [0.15, 0.2) is 0 Å². The summed E-state index contributed by atoms with van der Waals surface area (Å²) in [6.07, 6.45) is 6.84. The Kier molecular flexibility index (Phi) is 5.40. The Morgan fingerprint density at radius 3 is 2.62 bits per heavy atom. The predicted octanol–water partition coefficient (Wildman–Crippen LogP) is 5.14. The van der Waals surface area contributed by atoms with E-state index in [4.69, 9.17) is 11.6 Å². The zero-order chi connectivity index (χ0) is 17.1. The highest BCUT2D eigenvalue weighted by molar-refractivity contribution is 6.30. The van der Waals surface area contributed by atoms with E-state index in [0.29, 0.717) is 11.8 Å². The Bertz CT molecular complexity index is 694. The molecule has 1 fully saturated rings. The van der Waals surface area contributed by atoms with Crippen molar-refractivity contribution in [2.75, 3.05) is 18.0 Å². The average molecular weight is 347 g/mol. The average Bonchev–Trinajstić information content (AvgIpc) is 2.55. The van der Waals surface area contributed by atoms with E-state index >= 15 is 0 Å². The van der Waals surface area contributed by atoms with Crippen molar-refractivity contribution >= 4 is 17.3 Å². The van der Waals surface area contributed by atoms with Crippen LogP contribution in [0.2, 0.25) is 5.02 Å². The Balaban J connectivity index is 1.75. The van der Waals surface area contributed by atoms with Gasteiger partial charge in [-0.05, 0) is 60.4 Å². The van der Waals surface area contributed by atoms with Crippen molar-refractivity contribution in [2.45, 2.75) is 33.1 Å². The minimum absolute atomic E-state index is 0.192. The summed E-state index contributed by atoms with van der Waals surface area (Å²) in [6.45, 7) is 6.85. The fraction of sp³-hybridized carbons (Fsp3) is 0.450. The summed E-state index contributed by atoms with van der Waals surface area (Å²) in [6, 6.07) is 7.09. The summed E-state index contributed by atoms with van der Waals surface area (Å²) in [4.78, 5) is 6.80. The van der Waals surface area contributed by atoms with Gasteiger partial charge in [0.2, 0.25) is 0 Å². The first-order chi connectivity index (χ1) is 11.5. The van der Waals surface area contributed by atoms with Gasteiger partial charge in [0.25, 0.3) is 0 Å². The lowest BCUT2D eigenvalue weighted by molar-refractivity contribution is 0.356. The van der Waals surface area contributed by atoms with E-state index < -0.39 is 0 Å². The minimum Gasteiger partial charge on any atom is -0.371 e. The first-order valence-corrected chi connectivity index (χ1v) is 9.02. The molecule has 4 heteroatoms. The Labute approximate surface area is 148 Å². The third kappa shape index (κ3) is 4.07. The molecule has 1 aromatic carbocycles. The molecule has 0 N–H and O–H groups in total. The second-order valence-corrected chi connectivity index (χ2v) is 7.51. The molecule has 2 atom stereocenters. The molecule has 128 valence electrons. The molecule has 0 amide bonds. The van der Waals surface area contributed by atoms with Gasteiger partial charge in [-0.3, -0.25) is 4.98 Å². The summed E-state index contributed by atoms with van der Waals surface area (Å²) >= 11 is 5.89. The quantitative estimate of drug-likeness (QED) is 0.761. The Morgan fingerprint density at radius 2 is 1.92 bits per heavy atom. The number of aryl methyl sites for hydroxylation is 2. The zero-order valence-corrected chi connectivity index (χ0v) is 15.1. The van der Waals surface area contributed by atoms with Crippen LogP contribution in [0.5, 0.6) is 0 Å². The maximum absolute atomic E-state index is 13.3. The molecule has 2 nitrogen and oxygen atoms in total. The van der Waals surface area contributed by atoms with Gasteiger partial charge in [0, 0.05) is 31.2 Å². The highest BCUT2D eigenvalue weighted by Gasteiger charge is 2.23. The lowest BCUT2D eigenvalue weighted by Crippen LogP contribution is -2.39. The number of rotatable bonds is 4. The molecule has 0 saturated carbocycles. The summed E-state index contributed by atoms with van der Waals surface area (Å²) < 4.78 is 13.3. The van der Waals surface area contributed by atoms with Crippen LogP contribution in [0.4, 0.5) is 10.1 Å². The smallest absolute Gasteiger partial charge is 0.141 e. The van der Waals surface area contributed by atoms with Gasteiger partial charge in [0.1, 0.15) is 5.82 Å². The maximum Gasteiger partial charge on any atom is 0.141 e. The van der Waals surface area contributed by atoms with Gasteiger partial charge in [0.05, 0.1) is 5.02 Å². The molecular formula is C20H24ClFN2. The molecule has 24 heavy (non-hydrogen) atoms. The van der Waals surface area contributed by atoms with E-state index in [0.717, 1.165) is 31.5 Å². The van der Waals surface area contributed by atoms with Gasteiger partial charge in [-0.2, -0.15) is 0 Å². The minimum atomic E-state index is -0.362. The fourth-order valence-corrected chi connectivity index (χ4v) is 3.96. The standard InChI is InChI=1S/C20H24ClFN2/c1-14-9-15(2)13-24(12-14)20-7-8-23-11-17(20)5-3-16-4-6-19(22)18(21)10-16/h4,6-8,10-11,14-15H,3,5,9,12-13H2,1-2H3/t14-,15+. The van der Waals surface area contributed by atoms with E-state index in [9.17, 15) is 4.39 Å². The molecule has 1 aromatic heterocycles. The highest BCUT2D eigenvalue weighted by Crippen LogP contribution is 2.29. The van der Waals surface area contributed by atoms with Crippen LogP contribution in [0.1, 0.15) is 31.4 Å². The van der Waals surface area contributed by atoms with Crippen LogP contribution >= 0.6 is 11.6 Å². The van der Waals surface area contributed by atoms with Crippen molar-refractivity contribution in [1.29, 1.82) is 0 Å². The third-order valence-electron chi connectivity index (χ3n) is 4.75. The molecule has 0 spiro atoms. The number of piperidine rings is 1. The van der Waals surface area contributed by atoms with Gasteiger partial charge in [-0.25, -0.2) is 4.39 Å². The number of nitrogens with zero attached hydrogens (tertiary/aromatic N) is 2. The van der Waals surface area contributed by atoms with E-state index in [-0.39, 0.29) is 10.8 Å². The molecule has 2 heterocycles. The topological polar surface area (TPSA) is 16.1 Å². The number of aromatic nitrogens is 1. The normalized spacial score (nSPS) is 21.1. The van der Waals surface area contributed by atoms with E-state index in [1.807, 2.05) is 18.5 Å². The van der Waals surface area contributed by atoms with Crippen LogP contribution in [0.25, 0.3) is 0 Å². The molecule has 1 aliphatic heterocycles. The number of pyridine rings is 1. The number of halogens is 2. The molecule has 0 bridgehead atoms. The number of anilines is 1. The Hall–Kier alpha value is -1.61. The van der Waals surface area contributed by atoms with E-state index in [1.165, 1.54) is 23.7 Å². The fourth-order valence-electron chi connectivity index (χ4n) is 3.75. The van der Waals surface area contributed by atoms with Gasteiger partial charge >= 0.3 is 0 Å². The van der Waals surface area contributed by atoms with Crippen LogP contribution in [0.3, 0.4) is 0 Å². The molecule has 0 unspecified atom stereocenters. The van der Waals surface area contributed by atoms with Gasteiger partial charge < -0.3 is 4.90 Å². The van der Waals surface area contributed by atoms with Crippen molar-refractivity contribution in [2.24, 2.45) is 11.8 Å². The van der Waals surface area contributed by atoms with Crippen molar-refractivity contribution in [1.82, 2.24) is 4.98 Å². The van der Waals surface area contributed by atoms with Gasteiger partial charge in [-0.15, -0.1) is 0 Å². The SMILES string of the molecule is C[C@@H]1C[C@H](C)CN(c2ccncc2CCc2ccc(F)c(Cl)c2)C1. The molecule has 1 aliphatic rings. The maximum atomic E-state index is 13.3. The van der Waals surface area contributed by atoms with Crippen LogP contribution in [0, 0.1) is 17.7 Å². The number of benzene rings is 1. The molecule has 3 rings (SSSR count). The first kappa shape index (κ1) is 17.2. The van der Waals surface area contributed by atoms with Crippen molar-refractivity contribution in [3.8, 4) is 0 Å². The van der Waals surface area contributed by atoms with Crippen LogP contribution in [-0.4, -0.2) is 18.1 Å². The van der Waals surface area contributed by atoms with Crippen LogP contribution in [-0.2, 0) is 12.8 Å². The van der Waals surface area contributed by atoms with Crippen molar-refractivity contribution in [3.63, 3.8) is 0 Å². The van der Waals surface area contributed by atoms with Crippen LogP contribution < -0.4 is 4.90 Å². The highest BCUT2D eigenvalue weighted by atomic mass is 35.5. The second-order valence-electron chi connectivity index (χ2n) is 7.10. The van der Waals surface area contributed by atoms with Gasteiger partial charge in [-0.1, -0.05) is 31.5 Å². The summed E-state index contributed by atoms with van der Waals surface area (Å²) in [5.74, 6) is 1.06. The Morgan fingerprint density at radius 1 is 1.17 bits per heavy atom. The predicted molar refractivity (Wildman–Crippen MR) is 98.2 cm³/mol. The van der Waals surface area contributed by atoms with E-state index in [1.54, 1.807) is 6.07 Å². The number of hydrogen-bond acceptors (Lipinski definition) is 2. The largest absolute Gasteiger partial charge is 0.371 e. The first-order valence-electron chi connectivity index (χ1n) is 8.64. The second kappa shape index (κ2) is 7.52. The zero-order valence-electron chi connectivity index (χ0n) is 14.3. The molecule has 1 saturated heterocycles.